The van der Waals surface area contributed by atoms with Crippen LogP contribution in [0.4, 0.5) is 5.69 Å². The van der Waals surface area contributed by atoms with E-state index in [0.29, 0.717) is 21.3 Å². The number of thiocarbonyl (C=S) groups is 1. The first kappa shape index (κ1) is 9.58. The van der Waals surface area contributed by atoms with Gasteiger partial charge in [0.25, 0.3) is 0 Å². The first-order chi connectivity index (χ1) is 5.52. The van der Waals surface area contributed by atoms with E-state index in [2.05, 4.69) is 0 Å². The van der Waals surface area contributed by atoms with Crippen LogP contribution in [0.15, 0.2) is 12.1 Å². The number of nitrogen functional groups attached to an aromatic ring is 1. The largest absolute Gasteiger partial charge is 0.396 e. The summed E-state index contributed by atoms with van der Waals surface area (Å²) in [7, 11) is 0. The molecular formula is C7H6Cl2N2S. The van der Waals surface area contributed by atoms with Gasteiger partial charge in [-0.15, -0.1) is 0 Å². The first-order valence-electron chi connectivity index (χ1n) is 3.06. The lowest BCUT2D eigenvalue weighted by molar-refractivity contribution is 1.61. The molecule has 64 valence electrons. The molecule has 4 N–H and O–H groups in total. The highest BCUT2D eigenvalue weighted by Gasteiger charge is 2.05. The van der Waals surface area contributed by atoms with Gasteiger partial charge in [-0.3, -0.25) is 0 Å². The van der Waals surface area contributed by atoms with Gasteiger partial charge in [0.2, 0.25) is 0 Å². The predicted molar refractivity (Wildman–Crippen MR) is 56.8 cm³/mol. The third-order valence-electron chi connectivity index (χ3n) is 1.36. The Hall–Kier alpha value is -0.510. The molecule has 0 fully saturated rings. The van der Waals surface area contributed by atoms with Gasteiger partial charge >= 0.3 is 0 Å². The van der Waals surface area contributed by atoms with Crippen molar-refractivity contribution in [1.82, 2.24) is 0 Å². The Balaban J connectivity index is 3.31. The average Bonchev–Trinajstić information content (AvgIpc) is 1.99. The summed E-state index contributed by atoms with van der Waals surface area (Å²) in [6.45, 7) is 0. The third-order valence-corrected chi connectivity index (χ3v) is 2.22. The summed E-state index contributed by atoms with van der Waals surface area (Å²) >= 11 is 16.2. The lowest BCUT2D eigenvalue weighted by Crippen LogP contribution is -2.09. The SMILES string of the molecule is NC(=S)c1cc(Cl)c(N)c(Cl)c1. The third kappa shape index (κ3) is 1.80. The molecule has 1 aromatic rings. The van der Waals surface area contributed by atoms with Crippen molar-refractivity contribution in [2.45, 2.75) is 0 Å². The Kier molecular flexibility index (Phi) is 2.77. The van der Waals surface area contributed by atoms with Crippen molar-refractivity contribution in [2.24, 2.45) is 5.73 Å². The second-order valence-corrected chi connectivity index (χ2v) is 3.47. The van der Waals surface area contributed by atoms with Gasteiger partial charge in [-0.25, -0.2) is 0 Å². The molecule has 0 unspecified atom stereocenters. The molecule has 0 spiro atoms. The van der Waals surface area contributed by atoms with Crippen LogP contribution in [-0.2, 0) is 0 Å². The van der Waals surface area contributed by atoms with E-state index in [4.69, 9.17) is 46.9 Å². The number of hydrogen-bond donors (Lipinski definition) is 2. The Morgan fingerprint density at radius 3 is 2.00 bits per heavy atom. The van der Waals surface area contributed by atoms with Crippen molar-refractivity contribution in [1.29, 1.82) is 0 Å². The highest BCUT2D eigenvalue weighted by atomic mass is 35.5. The van der Waals surface area contributed by atoms with Gasteiger partial charge in [-0.05, 0) is 12.1 Å². The minimum Gasteiger partial charge on any atom is -0.396 e. The lowest BCUT2D eigenvalue weighted by atomic mass is 10.2. The second-order valence-electron chi connectivity index (χ2n) is 2.22. The monoisotopic (exact) mass is 220 g/mol. The normalized spacial score (nSPS) is 9.83. The minimum absolute atomic E-state index is 0.249. The predicted octanol–water partition coefficient (Wildman–Crippen LogP) is 2.21. The molecule has 0 radical (unpaired) electrons. The maximum absolute atomic E-state index is 5.74. The zero-order valence-electron chi connectivity index (χ0n) is 5.97. The van der Waals surface area contributed by atoms with Crippen LogP contribution < -0.4 is 11.5 Å². The van der Waals surface area contributed by atoms with E-state index in [1.807, 2.05) is 0 Å². The topological polar surface area (TPSA) is 52.0 Å². The van der Waals surface area contributed by atoms with Crippen molar-refractivity contribution in [3.05, 3.63) is 27.7 Å². The van der Waals surface area contributed by atoms with Gasteiger partial charge in [0.1, 0.15) is 4.99 Å². The van der Waals surface area contributed by atoms with Crippen LogP contribution in [0.3, 0.4) is 0 Å². The van der Waals surface area contributed by atoms with E-state index in [0.717, 1.165) is 0 Å². The minimum atomic E-state index is 0.249. The van der Waals surface area contributed by atoms with Gasteiger partial charge in [-0.2, -0.15) is 0 Å². The van der Waals surface area contributed by atoms with Crippen LogP contribution in [0.25, 0.3) is 0 Å². The fraction of sp³-hybridized carbons (Fsp3) is 0. The van der Waals surface area contributed by atoms with Crippen LogP contribution in [-0.4, -0.2) is 4.99 Å². The summed E-state index contributed by atoms with van der Waals surface area (Å²) in [6, 6.07) is 3.18. The standard InChI is InChI=1S/C7H6Cl2N2S/c8-4-1-3(7(11)12)2-5(9)6(4)10/h1-2H,10H2,(H2,11,12). The van der Waals surface area contributed by atoms with Crippen LogP contribution in [0.5, 0.6) is 0 Å². The molecule has 0 bridgehead atoms. The van der Waals surface area contributed by atoms with Gasteiger partial charge in [0, 0.05) is 5.56 Å². The molecule has 0 atom stereocenters. The van der Waals surface area contributed by atoms with Crippen molar-refractivity contribution in [2.75, 3.05) is 5.73 Å². The molecule has 0 saturated heterocycles. The average molecular weight is 221 g/mol. The fourth-order valence-electron chi connectivity index (χ4n) is 0.727. The van der Waals surface area contributed by atoms with Crippen LogP contribution in [0, 0.1) is 0 Å². The summed E-state index contributed by atoms with van der Waals surface area (Å²) in [5, 5.41) is 0.732. The van der Waals surface area contributed by atoms with Crippen molar-refractivity contribution in [3.63, 3.8) is 0 Å². The summed E-state index contributed by atoms with van der Waals surface area (Å²) in [5.74, 6) is 0. The maximum atomic E-state index is 5.74. The van der Waals surface area contributed by atoms with Gasteiger partial charge in [-0.1, -0.05) is 35.4 Å². The molecule has 12 heavy (non-hydrogen) atoms. The van der Waals surface area contributed by atoms with E-state index in [-0.39, 0.29) is 4.99 Å². The number of benzene rings is 1. The number of hydrogen-bond acceptors (Lipinski definition) is 2. The lowest BCUT2D eigenvalue weighted by Gasteiger charge is -2.04. The van der Waals surface area contributed by atoms with E-state index < -0.39 is 0 Å². The summed E-state index contributed by atoms with van der Waals surface area (Å²) in [5.41, 5.74) is 11.8. The molecule has 0 aliphatic carbocycles. The van der Waals surface area contributed by atoms with Crippen molar-refractivity contribution < 1.29 is 0 Å². The Morgan fingerprint density at radius 1 is 1.25 bits per heavy atom. The van der Waals surface area contributed by atoms with Crippen molar-refractivity contribution in [3.8, 4) is 0 Å². The molecule has 5 heteroatoms. The number of anilines is 1. The van der Waals surface area contributed by atoms with E-state index >= 15 is 0 Å². The molecule has 0 aliphatic rings. The number of halogens is 2. The Morgan fingerprint density at radius 2 is 1.67 bits per heavy atom. The summed E-state index contributed by atoms with van der Waals surface area (Å²) in [6.07, 6.45) is 0. The molecule has 1 rings (SSSR count). The van der Waals surface area contributed by atoms with E-state index in [1.54, 1.807) is 12.1 Å². The fourth-order valence-corrected chi connectivity index (χ4v) is 1.33. The number of rotatable bonds is 1. The smallest absolute Gasteiger partial charge is 0.104 e. The van der Waals surface area contributed by atoms with Crippen LogP contribution in [0.2, 0.25) is 10.0 Å². The quantitative estimate of drug-likeness (QED) is 0.564. The highest BCUT2D eigenvalue weighted by Crippen LogP contribution is 2.28. The molecule has 1 aromatic carbocycles. The number of nitrogens with two attached hydrogens (primary N) is 2. The maximum Gasteiger partial charge on any atom is 0.104 e. The zero-order chi connectivity index (χ0) is 9.30. The Labute approximate surface area is 85.4 Å². The van der Waals surface area contributed by atoms with Gasteiger partial charge in [0.15, 0.2) is 0 Å². The molecule has 0 aromatic heterocycles. The summed E-state index contributed by atoms with van der Waals surface area (Å²) in [4.78, 5) is 0.249. The Bertz CT molecular complexity index is 315. The van der Waals surface area contributed by atoms with E-state index in [1.165, 1.54) is 0 Å². The first-order valence-corrected chi connectivity index (χ1v) is 4.23. The molecule has 0 aliphatic heterocycles. The molecule has 2 nitrogen and oxygen atoms in total. The van der Waals surface area contributed by atoms with Crippen molar-refractivity contribution >= 4 is 46.1 Å². The van der Waals surface area contributed by atoms with Gasteiger partial charge in [0.05, 0.1) is 15.7 Å². The van der Waals surface area contributed by atoms with Gasteiger partial charge < -0.3 is 11.5 Å². The molecule has 0 amide bonds. The van der Waals surface area contributed by atoms with Crippen LogP contribution in [0.1, 0.15) is 5.56 Å². The molecule has 0 saturated carbocycles. The second kappa shape index (κ2) is 3.47. The van der Waals surface area contributed by atoms with E-state index in [9.17, 15) is 0 Å². The molecule has 0 heterocycles. The molecular weight excluding hydrogens is 215 g/mol. The van der Waals surface area contributed by atoms with Crippen LogP contribution >= 0.6 is 35.4 Å². The zero-order valence-corrected chi connectivity index (χ0v) is 8.30. The summed E-state index contributed by atoms with van der Waals surface area (Å²) < 4.78 is 0. The highest BCUT2D eigenvalue weighted by molar-refractivity contribution is 7.80.